The van der Waals surface area contributed by atoms with Crippen molar-refractivity contribution in [3.05, 3.63) is 35.1 Å². The van der Waals surface area contributed by atoms with Gasteiger partial charge in [0.2, 0.25) is 5.91 Å². The van der Waals surface area contributed by atoms with E-state index >= 15 is 0 Å². The van der Waals surface area contributed by atoms with Gasteiger partial charge in [-0.15, -0.1) is 0 Å². The Morgan fingerprint density at radius 3 is 3.00 bits per heavy atom. The molecular weight excluding hydrogens is 311 g/mol. The third-order valence-corrected chi connectivity index (χ3v) is 3.78. The molecule has 24 heavy (non-hydrogen) atoms. The average Bonchev–Trinajstić information content (AvgIpc) is 2.58. The van der Waals surface area contributed by atoms with Gasteiger partial charge in [-0.25, -0.2) is 9.38 Å². The highest BCUT2D eigenvalue weighted by atomic mass is 19.1. The molecule has 1 amide bonds. The van der Waals surface area contributed by atoms with Gasteiger partial charge in [0.05, 0.1) is 13.2 Å². The maximum Gasteiger partial charge on any atom is 0.220 e. The number of aliphatic imine (C=N–C) groups is 1. The fourth-order valence-electron chi connectivity index (χ4n) is 2.53. The highest BCUT2D eigenvalue weighted by molar-refractivity contribution is 5.81. The van der Waals surface area contributed by atoms with Crippen LogP contribution in [0.15, 0.2) is 23.2 Å². The van der Waals surface area contributed by atoms with Crippen molar-refractivity contribution in [1.82, 2.24) is 16.0 Å². The largest absolute Gasteiger partial charge is 0.380 e. The number of piperidine rings is 1. The van der Waals surface area contributed by atoms with E-state index < -0.39 is 0 Å². The van der Waals surface area contributed by atoms with Gasteiger partial charge in [0, 0.05) is 38.2 Å². The molecular formula is C17H25FN4O2. The van der Waals surface area contributed by atoms with E-state index in [4.69, 9.17) is 4.74 Å². The first-order valence-electron chi connectivity index (χ1n) is 8.20. The Morgan fingerprint density at radius 1 is 1.50 bits per heavy atom. The van der Waals surface area contributed by atoms with Gasteiger partial charge in [-0.05, 0) is 31.0 Å². The summed E-state index contributed by atoms with van der Waals surface area (Å²) >= 11 is 0. The number of benzene rings is 1. The van der Waals surface area contributed by atoms with Crippen LogP contribution in [0.3, 0.4) is 0 Å². The van der Waals surface area contributed by atoms with Gasteiger partial charge in [-0.1, -0.05) is 6.07 Å². The van der Waals surface area contributed by atoms with Crippen LogP contribution >= 0.6 is 0 Å². The maximum absolute atomic E-state index is 13.6. The van der Waals surface area contributed by atoms with E-state index in [-0.39, 0.29) is 24.4 Å². The molecule has 0 aliphatic carbocycles. The number of guanidine groups is 1. The van der Waals surface area contributed by atoms with Gasteiger partial charge in [0.25, 0.3) is 0 Å². The molecule has 0 bridgehead atoms. The molecule has 6 nitrogen and oxygen atoms in total. The number of rotatable bonds is 6. The molecule has 1 aliphatic heterocycles. The van der Waals surface area contributed by atoms with Crippen LogP contribution in [0.1, 0.15) is 30.9 Å². The van der Waals surface area contributed by atoms with E-state index in [1.165, 1.54) is 6.07 Å². The third kappa shape index (κ3) is 5.49. The van der Waals surface area contributed by atoms with Crippen molar-refractivity contribution in [3.63, 3.8) is 0 Å². The Balaban J connectivity index is 1.99. The highest BCUT2D eigenvalue weighted by Gasteiger charge is 2.18. The van der Waals surface area contributed by atoms with Gasteiger partial charge >= 0.3 is 0 Å². The molecule has 1 aliphatic rings. The lowest BCUT2D eigenvalue weighted by Gasteiger charge is -2.25. The number of nitrogens with zero attached hydrogens (tertiary/aromatic N) is 1. The molecule has 1 saturated heterocycles. The zero-order valence-electron chi connectivity index (χ0n) is 14.2. The smallest absolute Gasteiger partial charge is 0.220 e. The van der Waals surface area contributed by atoms with Crippen LogP contribution in [0.2, 0.25) is 0 Å². The standard InChI is InChI=1S/C17H25FN4O2/c1-3-19-17(22-14-5-7-16(23)20-10-14)21-9-12-4-6-15(18)13(8-12)11-24-2/h4,6,8,14H,3,5,7,9-11H2,1-2H3,(H,20,23)(H2,19,21,22). The van der Waals surface area contributed by atoms with Crippen LogP contribution in [0.25, 0.3) is 0 Å². The zero-order valence-corrected chi connectivity index (χ0v) is 14.2. The van der Waals surface area contributed by atoms with Crippen molar-refractivity contribution in [2.24, 2.45) is 4.99 Å². The first kappa shape index (κ1) is 18.2. The van der Waals surface area contributed by atoms with E-state index in [1.807, 2.05) is 6.92 Å². The molecule has 1 aromatic rings. The molecule has 0 spiro atoms. The zero-order chi connectivity index (χ0) is 17.4. The third-order valence-electron chi connectivity index (χ3n) is 3.78. The summed E-state index contributed by atoms with van der Waals surface area (Å²) in [6, 6.07) is 5.10. The Morgan fingerprint density at radius 2 is 2.33 bits per heavy atom. The fraction of sp³-hybridized carbons (Fsp3) is 0.529. The number of halogens is 1. The molecule has 1 aromatic carbocycles. The predicted octanol–water partition coefficient (Wildman–Crippen LogP) is 1.31. The number of amides is 1. The lowest BCUT2D eigenvalue weighted by atomic mass is 10.1. The minimum Gasteiger partial charge on any atom is -0.380 e. The summed E-state index contributed by atoms with van der Waals surface area (Å²) in [4.78, 5) is 15.8. The molecule has 132 valence electrons. The van der Waals surface area contributed by atoms with E-state index in [0.29, 0.717) is 31.0 Å². The summed E-state index contributed by atoms with van der Waals surface area (Å²) in [7, 11) is 1.54. The summed E-state index contributed by atoms with van der Waals surface area (Å²) in [5, 5.41) is 9.36. The number of ether oxygens (including phenoxy) is 1. The molecule has 0 radical (unpaired) electrons. The fourth-order valence-corrected chi connectivity index (χ4v) is 2.53. The van der Waals surface area contributed by atoms with Crippen molar-refractivity contribution in [3.8, 4) is 0 Å². The molecule has 7 heteroatoms. The van der Waals surface area contributed by atoms with Crippen LogP contribution in [0.5, 0.6) is 0 Å². The normalized spacial score (nSPS) is 18.2. The van der Waals surface area contributed by atoms with Crippen LogP contribution < -0.4 is 16.0 Å². The highest BCUT2D eigenvalue weighted by Crippen LogP contribution is 2.12. The molecule has 1 unspecified atom stereocenters. The van der Waals surface area contributed by atoms with E-state index in [0.717, 1.165) is 18.5 Å². The van der Waals surface area contributed by atoms with Crippen molar-refractivity contribution in [2.75, 3.05) is 20.2 Å². The number of nitrogens with one attached hydrogen (secondary N) is 3. The molecule has 2 rings (SSSR count). The van der Waals surface area contributed by atoms with Crippen LogP contribution in [0, 0.1) is 5.82 Å². The molecule has 1 fully saturated rings. The monoisotopic (exact) mass is 336 g/mol. The Kier molecular flexibility index (Phi) is 6.99. The van der Waals surface area contributed by atoms with Crippen molar-refractivity contribution >= 4 is 11.9 Å². The van der Waals surface area contributed by atoms with Crippen molar-refractivity contribution < 1.29 is 13.9 Å². The molecule has 1 atom stereocenters. The molecule has 1 heterocycles. The van der Waals surface area contributed by atoms with Crippen LogP contribution in [-0.4, -0.2) is 38.1 Å². The number of hydrogen-bond acceptors (Lipinski definition) is 3. The predicted molar refractivity (Wildman–Crippen MR) is 91.1 cm³/mol. The van der Waals surface area contributed by atoms with Gasteiger partial charge in [-0.3, -0.25) is 4.79 Å². The van der Waals surface area contributed by atoms with Gasteiger partial charge in [0.15, 0.2) is 5.96 Å². The number of methoxy groups -OCH3 is 1. The first-order valence-corrected chi connectivity index (χ1v) is 8.20. The van der Waals surface area contributed by atoms with Gasteiger partial charge in [-0.2, -0.15) is 0 Å². The minimum atomic E-state index is -0.271. The topological polar surface area (TPSA) is 74.8 Å². The number of carbonyl (C=O) groups excluding carboxylic acids is 1. The Labute approximate surface area is 141 Å². The Hall–Kier alpha value is -2.15. The molecule has 3 N–H and O–H groups in total. The second-order valence-corrected chi connectivity index (χ2v) is 5.74. The summed E-state index contributed by atoms with van der Waals surface area (Å²) < 4.78 is 18.6. The number of hydrogen-bond donors (Lipinski definition) is 3. The van der Waals surface area contributed by atoms with Crippen molar-refractivity contribution in [1.29, 1.82) is 0 Å². The summed E-state index contributed by atoms with van der Waals surface area (Å²) in [6.45, 7) is 4.00. The summed E-state index contributed by atoms with van der Waals surface area (Å²) in [5.41, 5.74) is 1.44. The summed E-state index contributed by atoms with van der Waals surface area (Å²) in [6.07, 6.45) is 1.31. The first-order chi connectivity index (χ1) is 11.6. The van der Waals surface area contributed by atoms with Gasteiger partial charge in [0.1, 0.15) is 5.82 Å². The van der Waals surface area contributed by atoms with E-state index in [1.54, 1.807) is 19.2 Å². The molecule has 0 aromatic heterocycles. The lowest BCUT2D eigenvalue weighted by molar-refractivity contribution is -0.122. The minimum absolute atomic E-state index is 0.0898. The average molecular weight is 336 g/mol. The van der Waals surface area contributed by atoms with Crippen LogP contribution in [0.4, 0.5) is 4.39 Å². The lowest BCUT2D eigenvalue weighted by Crippen LogP contribution is -2.51. The summed E-state index contributed by atoms with van der Waals surface area (Å²) in [5.74, 6) is 0.510. The van der Waals surface area contributed by atoms with Crippen molar-refractivity contribution in [2.45, 2.75) is 39.0 Å². The van der Waals surface area contributed by atoms with Crippen LogP contribution in [-0.2, 0) is 22.7 Å². The molecule has 0 saturated carbocycles. The number of carbonyl (C=O) groups is 1. The van der Waals surface area contributed by atoms with E-state index in [2.05, 4.69) is 20.9 Å². The SMILES string of the molecule is CCNC(=NCc1ccc(F)c(COC)c1)NC1CCC(=O)NC1. The second kappa shape index (κ2) is 9.22. The van der Waals surface area contributed by atoms with Gasteiger partial charge < -0.3 is 20.7 Å². The quantitative estimate of drug-likeness (QED) is 0.541. The second-order valence-electron chi connectivity index (χ2n) is 5.74. The van der Waals surface area contributed by atoms with E-state index in [9.17, 15) is 9.18 Å². The Bertz CT molecular complexity index is 582. The maximum atomic E-state index is 13.6.